The molecular formula is C10H15N3. The van der Waals surface area contributed by atoms with Crippen LogP contribution >= 0.6 is 0 Å². The molecule has 2 rings (SSSR count). The summed E-state index contributed by atoms with van der Waals surface area (Å²) in [7, 11) is 1.90. The van der Waals surface area contributed by atoms with Crippen molar-refractivity contribution in [2.75, 3.05) is 0 Å². The standard InChI is InChI=1S/C8H9N3.C2H6/c1-6-3-7-5-11(2)10-8(7)9-4-6;1-2/h3-5H,1-2H3;1-2H3. The molecular weight excluding hydrogens is 162 g/mol. The first-order valence-corrected chi connectivity index (χ1v) is 4.52. The van der Waals surface area contributed by atoms with Gasteiger partial charge in [0.2, 0.25) is 0 Å². The maximum Gasteiger partial charge on any atom is 0.181 e. The van der Waals surface area contributed by atoms with Gasteiger partial charge in [0.1, 0.15) is 0 Å². The zero-order valence-electron chi connectivity index (χ0n) is 8.57. The van der Waals surface area contributed by atoms with Crippen LogP contribution in [0.3, 0.4) is 0 Å². The molecule has 0 fully saturated rings. The molecule has 0 unspecified atom stereocenters. The smallest absolute Gasteiger partial charge is 0.181 e. The number of fused-ring (bicyclic) bond motifs is 1. The summed E-state index contributed by atoms with van der Waals surface area (Å²) in [5.74, 6) is 0. The Morgan fingerprint density at radius 2 is 2.00 bits per heavy atom. The largest absolute Gasteiger partial charge is 0.273 e. The van der Waals surface area contributed by atoms with Crippen LogP contribution in [0.1, 0.15) is 19.4 Å². The van der Waals surface area contributed by atoms with E-state index in [9.17, 15) is 0 Å². The molecule has 0 spiro atoms. The molecule has 2 aromatic heterocycles. The molecule has 2 aromatic rings. The lowest BCUT2D eigenvalue weighted by Crippen LogP contribution is -1.85. The average molecular weight is 177 g/mol. The van der Waals surface area contributed by atoms with Crippen molar-refractivity contribution in [2.24, 2.45) is 7.05 Å². The summed E-state index contributed by atoms with van der Waals surface area (Å²) >= 11 is 0. The van der Waals surface area contributed by atoms with Crippen LogP contribution in [0.5, 0.6) is 0 Å². The quantitative estimate of drug-likeness (QED) is 0.618. The van der Waals surface area contributed by atoms with E-state index in [1.165, 1.54) is 5.56 Å². The number of pyridine rings is 1. The molecule has 0 aliphatic rings. The maximum atomic E-state index is 4.17. The Hall–Kier alpha value is -1.38. The number of aryl methyl sites for hydroxylation is 2. The highest BCUT2D eigenvalue weighted by atomic mass is 15.3. The molecule has 0 aliphatic heterocycles. The fraction of sp³-hybridized carbons (Fsp3) is 0.400. The summed E-state index contributed by atoms with van der Waals surface area (Å²) in [5, 5.41) is 5.26. The van der Waals surface area contributed by atoms with Gasteiger partial charge in [0, 0.05) is 24.8 Å². The lowest BCUT2D eigenvalue weighted by molar-refractivity contribution is 0.776. The van der Waals surface area contributed by atoms with Gasteiger partial charge < -0.3 is 0 Å². The SMILES string of the molecule is CC.Cc1cnc2nn(C)cc2c1. The second kappa shape index (κ2) is 4.03. The molecule has 0 amide bonds. The Kier molecular flexibility index (Phi) is 3.01. The Bertz CT molecular complexity index is 390. The van der Waals surface area contributed by atoms with E-state index >= 15 is 0 Å². The van der Waals surface area contributed by atoms with Gasteiger partial charge >= 0.3 is 0 Å². The second-order valence-corrected chi connectivity index (χ2v) is 2.73. The van der Waals surface area contributed by atoms with E-state index in [0.717, 1.165) is 11.0 Å². The van der Waals surface area contributed by atoms with Gasteiger partial charge in [-0.1, -0.05) is 13.8 Å². The normalized spacial score (nSPS) is 9.54. The summed E-state index contributed by atoms with van der Waals surface area (Å²) in [6, 6.07) is 2.08. The number of nitrogens with zero attached hydrogens (tertiary/aromatic N) is 3. The lowest BCUT2D eigenvalue weighted by atomic mass is 10.3. The summed E-state index contributed by atoms with van der Waals surface area (Å²) in [5.41, 5.74) is 1.99. The van der Waals surface area contributed by atoms with Gasteiger partial charge in [-0.2, -0.15) is 5.10 Å². The van der Waals surface area contributed by atoms with E-state index in [1.54, 1.807) is 4.68 Å². The zero-order valence-corrected chi connectivity index (χ0v) is 8.57. The minimum absolute atomic E-state index is 0.818. The van der Waals surface area contributed by atoms with Crippen LogP contribution in [0.25, 0.3) is 11.0 Å². The lowest BCUT2D eigenvalue weighted by Gasteiger charge is -1.87. The molecule has 2 heterocycles. The van der Waals surface area contributed by atoms with Crippen molar-refractivity contribution in [1.82, 2.24) is 14.8 Å². The van der Waals surface area contributed by atoms with Gasteiger partial charge in [0.05, 0.1) is 0 Å². The first kappa shape index (κ1) is 9.71. The van der Waals surface area contributed by atoms with E-state index in [1.807, 2.05) is 40.2 Å². The van der Waals surface area contributed by atoms with Gasteiger partial charge in [-0.3, -0.25) is 4.68 Å². The van der Waals surface area contributed by atoms with E-state index in [-0.39, 0.29) is 0 Å². The molecule has 0 saturated carbocycles. The molecule has 0 bridgehead atoms. The van der Waals surface area contributed by atoms with Crippen LogP contribution in [-0.2, 0) is 7.05 Å². The van der Waals surface area contributed by atoms with E-state index in [4.69, 9.17) is 0 Å². The van der Waals surface area contributed by atoms with Crippen LogP contribution in [0.4, 0.5) is 0 Å². The summed E-state index contributed by atoms with van der Waals surface area (Å²) < 4.78 is 1.77. The highest BCUT2D eigenvalue weighted by Crippen LogP contribution is 2.09. The monoisotopic (exact) mass is 177 g/mol. The van der Waals surface area contributed by atoms with Crippen LogP contribution < -0.4 is 0 Å². The van der Waals surface area contributed by atoms with Crippen molar-refractivity contribution >= 4 is 11.0 Å². The molecule has 0 N–H and O–H groups in total. The average Bonchev–Trinajstić information content (AvgIpc) is 2.48. The topological polar surface area (TPSA) is 30.7 Å². The molecule has 70 valence electrons. The van der Waals surface area contributed by atoms with Crippen molar-refractivity contribution in [1.29, 1.82) is 0 Å². The minimum Gasteiger partial charge on any atom is -0.273 e. The number of rotatable bonds is 0. The fourth-order valence-corrected chi connectivity index (χ4v) is 1.14. The molecule has 0 radical (unpaired) electrons. The molecule has 3 heteroatoms. The van der Waals surface area contributed by atoms with Crippen molar-refractivity contribution in [3.63, 3.8) is 0 Å². The summed E-state index contributed by atoms with van der Waals surface area (Å²) in [4.78, 5) is 4.17. The van der Waals surface area contributed by atoms with Crippen molar-refractivity contribution in [2.45, 2.75) is 20.8 Å². The predicted octanol–water partition coefficient (Wildman–Crippen LogP) is 2.30. The van der Waals surface area contributed by atoms with E-state index in [0.29, 0.717) is 0 Å². The van der Waals surface area contributed by atoms with Crippen molar-refractivity contribution in [3.05, 3.63) is 24.0 Å². The van der Waals surface area contributed by atoms with Crippen molar-refractivity contribution < 1.29 is 0 Å². The van der Waals surface area contributed by atoms with Gasteiger partial charge in [-0.25, -0.2) is 4.98 Å². The first-order chi connectivity index (χ1) is 6.25. The zero-order chi connectivity index (χ0) is 9.84. The Balaban J connectivity index is 0.000000396. The van der Waals surface area contributed by atoms with Gasteiger partial charge in [0.25, 0.3) is 0 Å². The number of hydrogen-bond donors (Lipinski definition) is 0. The summed E-state index contributed by atoms with van der Waals surface area (Å²) in [6.45, 7) is 6.03. The first-order valence-electron chi connectivity index (χ1n) is 4.52. The third-order valence-electron chi connectivity index (χ3n) is 1.61. The Labute approximate surface area is 78.4 Å². The van der Waals surface area contributed by atoms with Crippen LogP contribution in [0.2, 0.25) is 0 Å². The molecule has 3 nitrogen and oxygen atoms in total. The van der Waals surface area contributed by atoms with Gasteiger partial charge in [-0.15, -0.1) is 0 Å². The van der Waals surface area contributed by atoms with Gasteiger partial charge in [0.15, 0.2) is 5.65 Å². The predicted molar refractivity (Wildman–Crippen MR) is 54.6 cm³/mol. The highest BCUT2D eigenvalue weighted by molar-refractivity contribution is 5.74. The number of hydrogen-bond acceptors (Lipinski definition) is 2. The Morgan fingerprint density at radius 3 is 2.69 bits per heavy atom. The van der Waals surface area contributed by atoms with Crippen LogP contribution in [0, 0.1) is 6.92 Å². The van der Waals surface area contributed by atoms with Gasteiger partial charge in [-0.05, 0) is 18.6 Å². The minimum atomic E-state index is 0.818. The van der Waals surface area contributed by atoms with E-state index < -0.39 is 0 Å². The fourth-order valence-electron chi connectivity index (χ4n) is 1.14. The summed E-state index contributed by atoms with van der Waals surface area (Å²) in [6.07, 6.45) is 3.80. The second-order valence-electron chi connectivity index (χ2n) is 2.73. The molecule has 0 saturated heterocycles. The highest BCUT2D eigenvalue weighted by Gasteiger charge is 1.97. The molecule has 0 atom stereocenters. The molecule has 0 aromatic carbocycles. The van der Waals surface area contributed by atoms with Crippen molar-refractivity contribution in [3.8, 4) is 0 Å². The van der Waals surface area contributed by atoms with Crippen LogP contribution in [-0.4, -0.2) is 14.8 Å². The number of aromatic nitrogens is 3. The molecule has 0 aliphatic carbocycles. The molecule has 13 heavy (non-hydrogen) atoms. The Morgan fingerprint density at radius 1 is 1.31 bits per heavy atom. The van der Waals surface area contributed by atoms with E-state index in [2.05, 4.69) is 16.1 Å². The third kappa shape index (κ3) is 2.05. The van der Waals surface area contributed by atoms with Crippen LogP contribution in [0.15, 0.2) is 18.5 Å². The third-order valence-corrected chi connectivity index (χ3v) is 1.61. The maximum absolute atomic E-state index is 4.17.